The summed E-state index contributed by atoms with van der Waals surface area (Å²) >= 11 is 5.33. The third-order valence-corrected chi connectivity index (χ3v) is 3.57. The summed E-state index contributed by atoms with van der Waals surface area (Å²) in [7, 11) is 0. The molecule has 1 rings (SSSR count). The second kappa shape index (κ2) is 5.68. The fraction of sp³-hybridized carbons (Fsp3) is 0.400. The van der Waals surface area contributed by atoms with Gasteiger partial charge in [0.25, 0.3) is 0 Å². The highest BCUT2D eigenvalue weighted by atomic mass is 79.9. The lowest BCUT2D eigenvalue weighted by Gasteiger charge is -2.04. The van der Waals surface area contributed by atoms with Crippen LogP contribution in [0.2, 0.25) is 0 Å². The van der Waals surface area contributed by atoms with E-state index in [1.54, 1.807) is 0 Å². The molecule has 0 aromatic heterocycles. The Morgan fingerprint density at radius 2 is 2.23 bits per heavy atom. The number of thioether (sulfide) groups is 1. The van der Waals surface area contributed by atoms with Gasteiger partial charge in [0.1, 0.15) is 0 Å². The van der Waals surface area contributed by atoms with Crippen molar-refractivity contribution >= 4 is 27.7 Å². The van der Waals surface area contributed by atoms with E-state index >= 15 is 0 Å². The van der Waals surface area contributed by atoms with Crippen LogP contribution in [-0.2, 0) is 6.42 Å². The second-order valence-corrected chi connectivity index (χ2v) is 4.83. The summed E-state index contributed by atoms with van der Waals surface area (Å²) in [4.78, 5) is 1.27. The fourth-order valence-corrected chi connectivity index (χ4v) is 2.54. The predicted molar refractivity (Wildman–Crippen MR) is 61.3 cm³/mol. The highest BCUT2D eigenvalue weighted by molar-refractivity contribution is 9.10. The average molecular weight is 261 g/mol. The van der Waals surface area contributed by atoms with E-state index < -0.39 is 0 Å². The molecule has 0 saturated heterocycles. The van der Waals surface area contributed by atoms with E-state index in [0.29, 0.717) is 0 Å². The summed E-state index contributed by atoms with van der Waals surface area (Å²) in [5.41, 5.74) is 1.18. The van der Waals surface area contributed by atoms with Gasteiger partial charge in [0.05, 0.1) is 0 Å². The van der Waals surface area contributed by atoms with E-state index in [9.17, 15) is 0 Å². The molecule has 0 saturated carbocycles. The van der Waals surface area contributed by atoms with Crippen LogP contribution in [-0.4, -0.2) is 17.5 Å². The van der Waals surface area contributed by atoms with E-state index in [1.807, 2.05) is 11.8 Å². The van der Waals surface area contributed by atoms with Gasteiger partial charge in [-0.25, -0.2) is 0 Å². The van der Waals surface area contributed by atoms with E-state index in [2.05, 4.69) is 41.1 Å². The number of hydrogen-bond donors (Lipinski definition) is 1. The molecule has 0 heterocycles. The molecule has 0 spiro atoms. The van der Waals surface area contributed by atoms with E-state index in [0.717, 1.165) is 16.6 Å². The maximum atomic E-state index is 8.76. The van der Waals surface area contributed by atoms with Crippen molar-refractivity contribution < 1.29 is 5.11 Å². The minimum atomic E-state index is 0.215. The van der Waals surface area contributed by atoms with Gasteiger partial charge in [-0.1, -0.05) is 13.0 Å². The van der Waals surface area contributed by atoms with Crippen molar-refractivity contribution in [1.82, 2.24) is 0 Å². The molecule has 0 radical (unpaired) electrons. The highest BCUT2D eigenvalue weighted by Gasteiger charge is 2.00. The Morgan fingerprint density at radius 3 is 2.77 bits per heavy atom. The van der Waals surface area contributed by atoms with Gasteiger partial charge in [0, 0.05) is 16.0 Å². The molecule has 3 heteroatoms. The van der Waals surface area contributed by atoms with E-state index in [1.165, 1.54) is 10.5 Å². The van der Waals surface area contributed by atoms with Crippen molar-refractivity contribution in [3.05, 3.63) is 28.2 Å². The minimum Gasteiger partial charge on any atom is -0.396 e. The number of hydrogen-bond acceptors (Lipinski definition) is 2. The lowest BCUT2D eigenvalue weighted by Crippen LogP contribution is -1.90. The molecule has 1 nitrogen and oxygen atoms in total. The Balaban J connectivity index is 2.79. The molecule has 1 N–H and O–H groups in total. The first kappa shape index (κ1) is 11.1. The zero-order valence-electron chi connectivity index (χ0n) is 7.59. The molecule has 13 heavy (non-hydrogen) atoms. The normalized spacial score (nSPS) is 10.4. The number of aliphatic hydroxyl groups is 1. The number of aliphatic hydroxyl groups excluding tert-OH is 1. The summed E-state index contributed by atoms with van der Waals surface area (Å²) in [6, 6.07) is 6.25. The second-order valence-electron chi connectivity index (χ2n) is 2.67. The van der Waals surface area contributed by atoms with Crippen molar-refractivity contribution in [2.45, 2.75) is 18.2 Å². The zero-order valence-corrected chi connectivity index (χ0v) is 9.99. The van der Waals surface area contributed by atoms with Gasteiger partial charge in [-0.2, -0.15) is 0 Å². The van der Waals surface area contributed by atoms with Gasteiger partial charge in [0.2, 0.25) is 0 Å². The van der Waals surface area contributed by atoms with Gasteiger partial charge < -0.3 is 5.11 Å². The quantitative estimate of drug-likeness (QED) is 0.840. The Kier molecular flexibility index (Phi) is 4.84. The molecule has 0 fully saturated rings. The van der Waals surface area contributed by atoms with Gasteiger partial charge in [-0.05, 0) is 45.8 Å². The Hall–Kier alpha value is 0.01000. The largest absolute Gasteiger partial charge is 0.396 e. The van der Waals surface area contributed by atoms with Crippen LogP contribution >= 0.6 is 27.7 Å². The summed E-state index contributed by atoms with van der Waals surface area (Å²) in [5.74, 6) is 1.08. The molecule has 0 bridgehead atoms. The molecule has 0 aliphatic rings. The molecular formula is C10H13BrOS. The van der Waals surface area contributed by atoms with E-state index in [4.69, 9.17) is 5.11 Å². The molecule has 1 aromatic rings. The van der Waals surface area contributed by atoms with Crippen LogP contribution in [0.3, 0.4) is 0 Å². The Bertz CT molecular complexity index is 276. The molecule has 0 unspecified atom stereocenters. The van der Waals surface area contributed by atoms with Crippen LogP contribution in [0, 0.1) is 0 Å². The van der Waals surface area contributed by atoms with Gasteiger partial charge in [-0.3, -0.25) is 0 Å². The lowest BCUT2D eigenvalue weighted by molar-refractivity contribution is 0.299. The summed E-state index contributed by atoms with van der Waals surface area (Å²) in [6.45, 7) is 2.35. The first-order valence-corrected chi connectivity index (χ1v) is 6.08. The molecule has 0 atom stereocenters. The van der Waals surface area contributed by atoms with Gasteiger partial charge in [0.15, 0.2) is 0 Å². The fourth-order valence-electron chi connectivity index (χ4n) is 1.10. The molecule has 1 aromatic carbocycles. The van der Waals surface area contributed by atoms with Crippen LogP contribution in [0.5, 0.6) is 0 Å². The highest BCUT2D eigenvalue weighted by Crippen LogP contribution is 2.28. The Morgan fingerprint density at radius 1 is 1.46 bits per heavy atom. The topological polar surface area (TPSA) is 20.2 Å². The number of rotatable bonds is 4. The van der Waals surface area contributed by atoms with Crippen LogP contribution in [0.4, 0.5) is 0 Å². The SMILES string of the molecule is CCSc1ccc(CCO)cc1Br. The molecular weight excluding hydrogens is 248 g/mol. The van der Waals surface area contributed by atoms with Crippen molar-refractivity contribution in [3.8, 4) is 0 Å². The van der Waals surface area contributed by atoms with Crippen molar-refractivity contribution in [2.75, 3.05) is 12.4 Å². The third kappa shape index (κ3) is 3.33. The summed E-state index contributed by atoms with van der Waals surface area (Å²) < 4.78 is 1.13. The predicted octanol–water partition coefficient (Wildman–Crippen LogP) is 3.10. The van der Waals surface area contributed by atoms with Crippen LogP contribution < -0.4 is 0 Å². The maximum Gasteiger partial charge on any atom is 0.0471 e. The molecule has 0 aliphatic heterocycles. The van der Waals surface area contributed by atoms with Crippen molar-refractivity contribution in [2.24, 2.45) is 0 Å². The summed E-state index contributed by atoms with van der Waals surface area (Å²) in [5, 5.41) is 8.76. The molecule has 0 amide bonds. The first-order valence-electron chi connectivity index (χ1n) is 4.30. The van der Waals surface area contributed by atoms with E-state index in [-0.39, 0.29) is 6.61 Å². The molecule has 0 aliphatic carbocycles. The monoisotopic (exact) mass is 260 g/mol. The number of benzene rings is 1. The maximum absolute atomic E-state index is 8.76. The lowest BCUT2D eigenvalue weighted by atomic mass is 10.2. The standard InChI is InChI=1S/C10H13BrOS/c1-2-13-10-4-3-8(5-6-12)7-9(10)11/h3-4,7,12H,2,5-6H2,1H3. The zero-order chi connectivity index (χ0) is 9.68. The average Bonchev–Trinajstić information content (AvgIpc) is 2.10. The van der Waals surface area contributed by atoms with Gasteiger partial charge in [-0.15, -0.1) is 11.8 Å². The van der Waals surface area contributed by atoms with Crippen molar-refractivity contribution in [1.29, 1.82) is 0 Å². The Labute approximate surface area is 91.7 Å². The van der Waals surface area contributed by atoms with Gasteiger partial charge >= 0.3 is 0 Å². The number of halogens is 1. The van der Waals surface area contributed by atoms with Crippen LogP contribution in [0.15, 0.2) is 27.6 Å². The first-order chi connectivity index (χ1) is 6.27. The van der Waals surface area contributed by atoms with Crippen molar-refractivity contribution in [3.63, 3.8) is 0 Å². The summed E-state index contributed by atoms with van der Waals surface area (Å²) in [6.07, 6.45) is 0.732. The minimum absolute atomic E-state index is 0.215. The third-order valence-electron chi connectivity index (χ3n) is 1.70. The van der Waals surface area contributed by atoms with Crippen LogP contribution in [0.25, 0.3) is 0 Å². The smallest absolute Gasteiger partial charge is 0.0471 e. The van der Waals surface area contributed by atoms with Crippen LogP contribution in [0.1, 0.15) is 12.5 Å². The molecule has 72 valence electrons.